The normalized spacial score (nSPS) is 10.9. The molecule has 0 saturated carbocycles. The first-order valence-electron chi connectivity index (χ1n) is 4.05. The van der Waals surface area contributed by atoms with Crippen molar-refractivity contribution in [1.82, 2.24) is 0 Å². The SMILES string of the molecule is Cc1cc(CBr)c2sccc2c1N. The van der Waals surface area contributed by atoms with Crippen LogP contribution in [-0.2, 0) is 5.33 Å². The second-order valence-electron chi connectivity index (χ2n) is 3.06. The highest BCUT2D eigenvalue weighted by Gasteiger charge is 2.07. The van der Waals surface area contributed by atoms with Crippen LogP contribution in [0.5, 0.6) is 0 Å². The molecule has 2 rings (SSSR count). The number of thiophene rings is 1. The quantitative estimate of drug-likeness (QED) is 0.611. The van der Waals surface area contributed by atoms with Crippen LogP contribution in [0.2, 0.25) is 0 Å². The lowest BCUT2D eigenvalue weighted by molar-refractivity contribution is 1.42. The Balaban J connectivity index is 2.87. The van der Waals surface area contributed by atoms with E-state index in [4.69, 9.17) is 5.73 Å². The first-order chi connectivity index (χ1) is 6.24. The van der Waals surface area contributed by atoms with Gasteiger partial charge in [0.25, 0.3) is 0 Å². The summed E-state index contributed by atoms with van der Waals surface area (Å²) in [6, 6.07) is 4.25. The number of aryl methyl sites for hydroxylation is 1. The van der Waals surface area contributed by atoms with Gasteiger partial charge in [-0.05, 0) is 29.5 Å². The number of fused-ring (bicyclic) bond motifs is 1. The number of nitrogens with two attached hydrogens (primary N) is 1. The van der Waals surface area contributed by atoms with Gasteiger partial charge in [0.15, 0.2) is 0 Å². The Hall–Kier alpha value is -0.540. The van der Waals surface area contributed by atoms with Gasteiger partial charge in [-0.15, -0.1) is 11.3 Å². The topological polar surface area (TPSA) is 26.0 Å². The smallest absolute Gasteiger partial charge is 0.0432 e. The van der Waals surface area contributed by atoms with Crippen molar-refractivity contribution in [2.45, 2.75) is 12.3 Å². The molecule has 3 heteroatoms. The molecule has 0 atom stereocenters. The molecular formula is C10H10BrNS. The van der Waals surface area contributed by atoms with Crippen molar-refractivity contribution in [3.05, 3.63) is 28.6 Å². The van der Waals surface area contributed by atoms with Gasteiger partial charge in [0.05, 0.1) is 0 Å². The summed E-state index contributed by atoms with van der Waals surface area (Å²) in [4.78, 5) is 0. The molecular weight excluding hydrogens is 246 g/mol. The summed E-state index contributed by atoms with van der Waals surface area (Å²) >= 11 is 5.24. The molecule has 0 aliphatic carbocycles. The van der Waals surface area contributed by atoms with Crippen LogP contribution in [0.15, 0.2) is 17.5 Å². The lowest BCUT2D eigenvalue weighted by Crippen LogP contribution is -1.91. The largest absolute Gasteiger partial charge is 0.398 e. The van der Waals surface area contributed by atoms with E-state index in [1.165, 1.54) is 21.2 Å². The molecule has 0 aliphatic rings. The van der Waals surface area contributed by atoms with Crippen molar-refractivity contribution < 1.29 is 0 Å². The van der Waals surface area contributed by atoms with E-state index in [-0.39, 0.29) is 0 Å². The molecule has 68 valence electrons. The van der Waals surface area contributed by atoms with E-state index in [0.717, 1.165) is 11.0 Å². The Morgan fingerprint density at radius 3 is 3.00 bits per heavy atom. The maximum Gasteiger partial charge on any atom is 0.0432 e. The molecule has 0 aliphatic heterocycles. The third-order valence-electron chi connectivity index (χ3n) is 2.21. The van der Waals surface area contributed by atoms with Gasteiger partial charge < -0.3 is 5.73 Å². The number of benzene rings is 1. The van der Waals surface area contributed by atoms with Gasteiger partial charge in [0.2, 0.25) is 0 Å². The van der Waals surface area contributed by atoms with Gasteiger partial charge in [-0.25, -0.2) is 0 Å². The van der Waals surface area contributed by atoms with Crippen LogP contribution in [0.25, 0.3) is 10.1 Å². The molecule has 0 bridgehead atoms. The lowest BCUT2D eigenvalue weighted by atomic mass is 10.1. The van der Waals surface area contributed by atoms with E-state index in [1.54, 1.807) is 11.3 Å². The zero-order chi connectivity index (χ0) is 9.42. The van der Waals surface area contributed by atoms with Gasteiger partial charge >= 0.3 is 0 Å². The summed E-state index contributed by atoms with van der Waals surface area (Å²) in [5.41, 5.74) is 9.39. The molecule has 0 unspecified atom stereocenters. The van der Waals surface area contributed by atoms with Crippen LogP contribution < -0.4 is 5.73 Å². The average Bonchev–Trinajstić information content (AvgIpc) is 2.60. The summed E-state index contributed by atoms with van der Waals surface area (Å²) in [5, 5.41) is 4.18. The molecule has 1 nitrogen and oxygen atoms in total. The molecule has 2 aromatic rings. The fourth-order valence-electron chi connectivity index (χ4n) is 1.49. The Morgan fingerprint density at radius 2 is 2.31 bits per heavy atom. The lowest BCUT2D eigenvalue weighted by Gasteiger charge is -2.05. The van der Waals surface area contributed by atoms with E-state index < -0.39 is 0 Å². The molecule has 0 spiro atoms. The maximum atomic E-state index is 5.98. The van der Waals surface area contributed by atoms with Gasteiger partial charge in [-0.3, -0.25) is 0 Å². The first kappa shape index (κ1) is 9.03. The summed E-state index contributed by atoms with van der Waals surface area (Å²) in [6.07, 6.45) is 0. The van der Waals surface area contributed by atoms with Gasteiger partial charge in [-0.2, -0.15) is 0 Å². The van der Waals surface area contributed by atoms with Crippen molar-refractivity contribution in [3.63, 3.8) is 0 Å². The number of hydrogen-bond acceptors (Lipinski definition) is 2. The van der Waals surface area contributed by atoms with Crippen LogP contribution in [0.4, 0.5) is 5.69 Å². The average molecular weight is 256 g/mol. The molecule has 0 radical (unpaired) electrons. The zero-order valence-corrected chi connectivity index (χ0v) is 9.71. The molecule has 1 heterocycles. The highest BCUT2D eigenvalue weighted by atomic mass is 79.9. The monoisotopic (exact) mass is 255 g/mol. The molecule has 0 saturated heterocycles. The van der Waals surface area contributed by atoms with Crippen molar-refractivity contribution in [1.29, 1.82) is 0 Å². The van der Waals surface area contributed by atoms with Gasteiger partial charge in [0, 0.05) is 21.1 Å². The Kier molecular flexibility index (Phi) is 2.30. The maximum absolute atomic E-state index is 5.98. The number of rotatable bonds is 1. The van der Waals surface area contributed by atoms with Crippen molar-refractivity contribution in [3.8, 4) is 0 Å². The van der Waals surface area contributed by atoms with Gasteiger partial charge in [-0.1, -0.05) is 22.0 Å². The molecule has 2 N–H and O–H groups in total. The fourth-order valence-corrected chi connectivity index (χ4v) is 3.04. The summed E-state index contributed by atoms with van der Waals surface area (Å²) in [7, 11) is 0. The standard InChI is InChI=1S/C10H10BrNS/c1-6-4-7(5-11)10-8(9(6)12)2-3-13-10/h2-4H,5,12H2,1H3. The number of halogens is 1. The van der Waals surface area contributed by atoms with Crippen molar-refractivity contribution >= 4 is 43.0 Å². The minimum atomic E-state index is 0.894. The minimum Gasteiger partial charge on any atom is -0.398 e. The number of alkyl halides is 1. The molecule has 0 amide bonds. The Morgan fingerprint density at radius 1 is 1.54 bits per heavy atom. The zero-order valence-electron chi connectivity index (χ0n) is 7.30. The van der Waals surface area contributed by atoms with E-state index >= 15 is 0 Å². The predicted octanol–water partition coefficient (Wildman–Crippen LogP) is 3.69. The first-order valence-corrected chi connectivity index (χ1v) is 6.05. The summed E-state index contributed by atoms with van der Waals surface area (Å²) < 4.78 is 1.31. The van der Waals surface area contributed by atoms with E-state index in [0.29, 0.717) is 0 Å². The third-order valence-corrected chi connectivity index (χ3v) is 3.80. The second kappa shape index (κ2) is 3.31. The van der Waals surface area contributed by atoms with Crippen LogP contribution >= 0.6 is 27.3 Å². The second-order valence-corrected chi connectivity index (χ2v) is 4.54. The van der Waals surface area contributed by atoms with Crippen LogP contribution in [0.1, 0.15) is 11.1 Å². The van der Waals surface area contributed by atoms with E-state index in [1.807, 2.05) is 0 Å². The molecule has 1 aromatic heterocycles. The predicted molar refractivity (Wildman–Crippen MR) is 63.6 cm³/mol. The Labute approximate surface area is 89.7 Å². The van der Waals surface area contributed by atoms with Crippen LogP contribution in [-0.4, -0.2) is 0 Å². The van der Waals surface area contributed by atoms with Crippen molar-refractivity contribution in [2.75, 3.05) is 5.73 Å². The Bertz CT molecular complexity index is 447. The highest BCUT2D eigenvalue weighted by molar-refractivity contribution is 9.08. The van der Waals surface area contributed by atoms with Crippen LogP contribution in [0.3, 0.4) is 0 Å². The number of anilines is 1. The van der Waals surface area contributed by atoms with Crippen molar-refractivity contribution in [2.24, 2.45) is 0 Å². The summed E-state index contributed by atoms with van der Waals surface area (Å²) in [5.74, 6) is 0. The molecule has 1 aromatic carbocycles. The fraction of sp³-hybridized carbons (Fsp3) is 0.200. The minimum absolute atomic E-state index is 0.894. The van der Waals surface area contributed by atoms with E-state index in [9.17, 15) is 0 Å². The number of nitrogen functional groups attached to an aromatic ring is 1. The van der Waals surface area contributed by atoms with Gasteiger partial charge in [0.1, 0.15) is 0 Å². The summed E-state index contributed by atoms with van der Waals surface area (Å²) in [6.45, 7) is 2.05. The highest BCUT2D eigenvalue weighted by Crippen LogP contribution is 2.33. The molecule has 0 fully saturated rings. The van der Waals surface area contributed by atoms with E-state index in [2.05, 4.69) is 40.4 Å². The third kappa shape index (κ3) is 1.36. The molecule has 13 heavy (non-hydrogen) atoms. The van der Waals surface area contributed by atoms with Crippen LogP contribution in [0, 0.1) is 6.92 Å². The number of hydrogen-bond donors (Lipinski definition) is 1.